The summed E-state index contributed by atoms with van der Waals surface area (Å²) in [4.78, 5) is 59.2. The van der Waals surface area contributed by atoms with Crippen LogP contribution in [0.2, 0.25) is 0 Å². The van der Waals surface area contributed by atoms with E-state index in [-0.39, 0.29) is 22.9 Å². The van der Waals surface area contributed by atoms with E-state index in [2.05, 4.69) is 62.6 Å². The van der Waals surface area contributed by atoms with Crippen molar-refractivity contribution in [3.63, 3.8) is 0 Å². The lowest BCUT2D eigenvalue weighted by Gasteiger charge is -2.49. The minimum atomic E-state index is -1.39. The lowest BCUT2D eigenvalue weighted by Crippen LogP contribution is -2.71. The molecule has 12 rings (SSSR count). The van der Waals surface area contributed by atoms with Crippen LogP contribution in [0, 0.1) is 0 Å². The number of fused-ring (bicyclic) bond motifs is 1. The van der Waals surface area contributed by atoms with Crippen LogP contribution in [0.1, 0.15) is 56.3 Å². The maximum absolute atomic E-state index is 15.6. The number of allylic oxidation sites excluding steroid dienone is 1. The summed E-state index contributed by atoms with van der Waals surface area (Å²) in [7, 11) is 1.73. The molecule has 2 unspecified atom stereocenters. The molecule has 0 spiro atoms. The predicted octanol–water partition coefficient (Wildman–Crippen LogP) is 12.1. The van der Waals surface area contributed by atoms with Gasteiger partial charge in [0.15, 0.2) is 16.9 Å². The van der Waals surface area contributed by atoms with Gasteiger partial charge in [-0.05, 0) is 55.3 Å². The average Bonchev–Trinajstić information content (AvgIpc) is 1.46. The van der Waals surface area contributed by atoms with E-state index in [1.54, 1.807) is 23.9 Å². The number of esters is 1. The van der Waals surface area contributed by atoms with Crippen molar-refractivity contribution in [1.29, 1.82) is 0 Å². The number of nitrogens with one attached hydrogen (secondary N) is 2. The summed E-state index contributed by atoms with van der Waals surface area (Å²) in [6.45, 7) is 0. The van der Waals surface area contributed by atoms with E-state index in [0.29, 0.717) is 15.9 Å². The minimum absolute atomic E-state index is 0.0589. The lowest BCUT2D eigenvalue weighted by molar-refractivity contribution is -0.154. The SMILES string of the molecule is Cn1nnnc1SC=CC1=C(C(=O)OC(c2ccccc2)c2ccccc2)N2C(=O)C(NC(=O)C(=NOC(c3ccccc3)(c3ccccc3)c3ccccc3)c3csc(NC(c4ccccc4)(c4ccccc4)c4ccccc4)n3)C2SC1. The number of benzene rings is 8. The Morgan fingerprint density at radius 1 is 0.667 bits per heavy atom. The Balaban J connectivity index is 0.935. The highest BCUT2D eigenvalue weighted by Gasteiger charge is 2.55. The van der Waals surface area contributed by atoms with Gasteiger partial charge in [-0.25, -0.2) is 14.5 Å². The van der Waals surface area contributed by atoms with E-state index < -0.39 is 46.4 Å². The number of aryl methyl sites for hydroxylation is 1. The predicted molar refractivity (Wildman–Crippen MR) is 328 cm³/mol. The van der Waals surface area contributed by atoms with Gasteiger partial charge in [0, 0.05) is 34.9 Å². The van der Waals surface area contributed by atoms with Gasteiger partial charge in [-0.1, -0.05) is 260 Å². The maximum atomic E-state index is 15.6. The fraction of sp³-hybridized carbons (Fsp3) is 0.104. The quantitative estimate of drug-likeness (QED) is 0.0185. The van der Waals surface area contributed by atoms with E-state index in [9.17, 15) is 4.79 Å². The van der Waals surface area contributed by atoms with Gasteiger partial charge in [-0.2, -0.15) is 0 Å². The van der Waals surface area contributed by atoms with Crippen molar-refractivity contribution in [2.24, 2.45) is 12.2 Å². The number of carbonyl (C=O) groups excluding carboxylic acids is 3. The first-order chi connectivity index (χ1) is 41.3. The molecular formula is C67H53N9O5S3. The van der Waals surface area contributed by atoms with E-state index in [1.807, 2.05) is 206 Å². The van der Waals surface area contributed by atoms with Crippen molar-refractivity contribution in [2.75, 3.05) is 11.1 Å². The molecule has 2 aromatic heterocycles. The van der Waals surface area contributed by atoms with Crippen molar-refractivity contribution in [2.45, 2.75) is 33.8 Å². The molecule has 84 heavy (non-hydrogen) atoms. The van der Waals surface area contributed by atoms with Crippen molar-refractivity contribution >= 4 is 63.5 Å². The number of anilines is 1. The van der Waals surface area contributed by atoms with Gasteiger partial charge in [0.25, 0.3) is 11.8 Å². The number of carbonyl (C=O) groups is 3. The van der Waals surface area contributed by atoms with Gasteiger partial charge < -0.3 is 20.2 Å². The lowest BCUT2D eigenvalue weighted by atomic mass is 9.77. The number of amides is 2. The molecule has 0 bridgehead atoms. The van der Waals surface area contributed by atoms with Crippen LogP contribution in [0.5, 0.6) is 0 Å². The van der Waals surface area contributed by atoms with Gasteiger partial charge in [0.1, 0.15) is 28.3 Å². The van der Waals surface area contributed by atoms with Crippen molar-refractivity contribution < 1.29 is 24.0 Å². The molecule has 0 saturated carbocycles. The fourth-order valence-electron chi connectivity index (χ4n) is 10.6. The van der Waals surface area contributed by atoms with Gasteiger partial charge in [-0.15, -0.1) is 28.2 Å². The molecule has 1 fully saturated rings. The number of tetrazole rings is 1. The first-order valence-electron chi connectivity index (χ1n) is 27.0. The van der Waals surface area contributed by atoms with E-state index in [1.165, 1.54) is 44.4 Å². The Bertz CT molecular complexity index is 3760. The number of β-lactam (4-membered cyclic amide) rings is 1. The van der Waals surface area contributed by atoms with Gasteiger partial charge in [-0.3, -0.25) is 14.5 Å². The first-order valence-corrected chi connectivity index (χ1v) is 29.8. The molecule has 8 aromatic carbocycles. The fourth-order valence-corrected chi connectivity index (χ4v) is 13.3. The Labute approximate surface area is 498 Å². The third-order valence-electron chi connectivity index (χ3n) is 14.6. The van der Waals surface area contributed by atoms with Gasteiger partial charge in [0.05, 0.1) is 0 Å². The van der Waals surface area contributed by atoms with Crippen LogP contribution >= 0.6 is 34.9 Å². The summed E-state index contributed by atoms with van der Waals surface area (Å²) in [6, 6.07) is 77.4. The number of nitrogens with zero attached hydrogens (tertiary/aromatic N) is 7. The summed E-state index contributed by atoms with van der Waals surface area (Å²) in [5.74, 6) is -1.68. The molecule has 2 atom stereocenters. The van der Waals surface area contributed by atoms with Crippen molar-refractivity contribution in [3.8, 4) is 0 Å². The van der Waals surface area contributed by atoms with Crippen LogP contribution in [0.3, 0.4) is 0 Å². The maximum Gasteiger partial charge on any atom is 0.356 e. The smallest absolute Gasteiger partial charge is 0.356 e. The number of thiazole rings is 1. The van der Waals surface area contributed by atoms with Crippen molar-refractivity contribution in [3.05, 3.63) is 321 Å². The van der Waals surface area contributed by atoms with E-state index in [4.69, 9.17) is 19.7 Å². The van der Waals surface area contributed by atoms with Crippen molar-refractivity contribution in [1.82, 2.24) is 35.4 Å². The number of rotatable bonds is 20. The Morgan fingerprint density at radius 2 is 1.13 bits per heavy atom. The summed E-state index contributed by atoms with van der Waals surface area (Å²) in [5.41, 5.74) is 4.87. The molecule has 2 amide bonds. The zero-order valence-corrected chi connectivity index (χ0v) is 47.6. The zero-order chi connectivity index (χ0) is 57.3. The molecule has 1 saturated heterocycles. The van der Waals surface area contributed by atoms with Crippen LogP contribution in [0.4, 0.5) is 5.13 Å². The average molecular weight is 1160 g/mol. The topological polar surface area (TPSA) is 166 Å². The summed E-state index contributed by atoms with van der Waals surface area (Å²) >= 11 is 3.96. The molecule has 2 N–H and O–H groups in total. The molecule has 0 aliphatic carbocycles. The van der Waals surface area contributed by atoms with Crippen LogP contribution < -0.4 is 10.6 Å². The normalized spacial score (nSPS) is 15.3. The van der Waals surface area contributed by atoms with Gasteiger partial charge >= 0.3 is 5.97 Å². The number of aromatic nitrogens is 5. The molecule has 2 aliphatic heterocycles. The Kier molecular flexibility index (Phi) is 16.2. The summed E-state index contributed by atoms with van der Waals surface area (Å²) < 4.78 is 7.99. The summed E-state index contributed by atoms with van der Waals surface area (Å²) in [6.07, 6.45) is 0.968. The van der Waals surface area contributed by atoms with E-state index in [0.717, 1.165) is 44.5 Å². The third kappa shape index (κ3) is 10.9. The highest BCUT2D eigenvalue weighted by atomic mass is 32.2. The second kappa shape index (κ2) is 24.8. The van der Waals surface area contributed by atoms with Crippen LogP contribution in [0.15, 0.2) is 281 Å². The Hall–Kier alpha value is -9.68. The minimum Gasteiger partial charge on any atom is -0.448 e. The molecule has 2 aliphatic rings. The van der Waals surface area contributed by atoms with Gasteiger partial charge in [0.2, 0.25) is 10.8 Å². The number of ether oxygens (including phenoxy) is 1. The molecule has 0 radical (unpaired) electrons. The van der Waals surface area contributed by atoms with Crippen LogP contribution in [-0.2, 0) is 42.1 Å². The Morgan fingerprint density at radius 3 is 1.60 bits per heavy atom. The third-order valence-corrected chi connectivity index (χ3v) is 17.5. The second-order valence-electron chi connectivity index (χ2n) is 19.7. The zero-order valence-electron chi connectivity index (χ0n) is 45.2. The number of hydrogen-bond donors (Lipinski definition) is 2. The molecular weight excluding hydrogens is 1110 g/mol. The number of hydrogen-bond acceptors (Lipinski definition) is 14. The molecule has 414 valence electrons. The van der Waals surface area contributed by atoms with Crippen LogP contribution in [-0.4, -0.2) is 70.8 Å². The standard InChI is InChI=1S/C67H53N9O5S3/c1-75-65(71-73-74-75)82-43-42-48-44-83-62-57(61(78)76(62)58(48)63(79)80-59(46-26-10-2-11-27-46)47-28-12-3-13-29-47)69-60(77)56(72-81-67(52-36-20-7-21-37-52,53-38-22-8-23-39-53)54-40-24-9-25-41-54)55-45-84-64(68-55)70-66(49-30-14-4-15-31-49,50-32-16-5-17-33-50)51-34-18-6-19-35-51/h2-43,45,57,59,62H,44H2,1H3,(H,68,70)(H,69,77). The van der Waals surface area contributed by atoms with E-state index >= 15 is 9.59 Å². The monoisotopic (exact) mass is 1160 g/mol. The number of oxime groups is 1. The molecule has 10 aromatic rings. The van der Waals surface area contributed by atoms with Crippen LogP contribution in [0.25, 0.3) is 0 Å². The largest absolute Gasteiger partial charge is 0.448 e. The molecule has 14 nitrogen and oxygen atoms in total. The number of thioether (sulfide) groups is 2. The first kappa shape index (κ1) is 54.9. The molecule has 4 heterocycles. The second-order valence-corrected chi connectivity index (χ2v) is 22.5. The highest BCUT2D eigenvalue weighted by Crippen LogP contribution is 2.45. The molecule has 17 heteroatoms. The highest BCUT2D eigenvalue weighted by molar-refractivity contribution is 8.02. The summed E-state index contributed by atoms with van der Waals surface area (Å²) in [5, 5.41) is 27.4.